The molecular formula is C15H15N3OS. The summed E-state index contributed by atoms with van der Waals surface area (Å²) in [6.07, 6.45) is 0. The molecule has 1 aromatic carbocycles. The van der Waals surface area contributed by atoms with Crippen LogP contribution in [0.4, 0.5) is 0 Å². The van der Waals surface area contributed by atoms with Gasteiger partial charge in [0.2, 0.25) is 0 Å². The van der Waals surface area contributed by atoms with Gasteiger partial charge in [-0.25, -0.2) is 4.98 Å². The zero-order valence-corrected chi connectivity index (χ0v) is 12.2. The Bertz CT molecular complexity index is 734. The average Bonchev–Trinajstić information content (AvgIpc) is 2.84. The van der Waals surface area contributed by atoms with Gasteiger partial charge in [-0.15, -0.1) is 0 Å². The Kier molecular flexibility index (Phi) is 3.36. The third-order valence-corrected chi connectivity index (χ3v) is 4.03. The number of fused-ring (bicyclic) bond motifs is 1. The number of thioether (sulfide) groups is 1. The maximum absolute atomic E-state index is 10.0. The quantitative estimate of drug-likeness (QED) is 0.722. The summed E-state index contributed by atoms with van der Waals surface area (Å²) in [6, 6.07) is 9.85. The molecule has 0 aliphatic heterocycles. The lowest BCUT2D eigenvalue weighted by atomic mass is 10.2. The molecule has 0 fully saturated rings. The lowest BCUT2D eigenvalue weighted by Crippen LogP contribution is -1.92. The van der Waals surface area contributed by atoms with E-state index in [0.29, 0.717) is 11.4 Å². The summed E-state index contributed by atoms with van der Waals surface area (Å²) >= 11 is 1.58. The molecule has 0 aliphatic rings. The molecule has 0 spiro atoms. The maximum Gasteiger partial charge on any atom is 0.166 e. The van der Waals surface area contributed by atoms with Gasteiger partial charge in [0.15, 0.2) is 5.16 Å². The molecule has 5 heteroatoms. The smallest absolute Gasteiger partial charge is 0.166 e. The van der Waals surface area contributed by atoms with E-state index in [0.717, 1.165) is 27.4 Å². The van der Waals surface area contributed by atoms with Gasteiger partial charge in [0, 0.05) is 17.0 Å². The largest absolute Gasteiger partial charge is 0.506 e. The van der Waals surface area contributed by atoms with Crippen LogP contribution < -0.4 is 0 Å². The minimum atomic E-state index is 0.277. The van der Waals surface area contributed by atoms with Crippen molar-refractivity contribution in [2.24, 2.45) is 0 Å². The van der Waals surface area contributed by atoms with Crippen molar-refractivity contribution in [2.75, 3.05) is 0 Å². The molecule has 2 N–H and O–H groups in total. The van der Waals surface area contributed by atoms with E-state index in [2.05, 4.69) is 15.0 Å². The lowest BCUT2D eigenvalue weighted by Gasteiger charge is -2.07. The summed E-state index contributed by atoms with van der Waals surface area (Å²) in [4.78, 5) is 12.0. The van der Waals surface area contributed by atoms with Crippen LogP contribution in [0.25, 0.3) is 11.0 Å². The van der Waals surface area contributed by atoms with Crippen molar-refractivity contribution in [3.8, 4) is 5.75 Å². The predicted molar refractivity (Wildman–Crippen MR) is 81.0 cm³/mol. The third-order valence-electron chi connectivity index (χ3n) is 3.11. The molecule has 0 radical (unpaired) electrons. The van der Waals surface area contributed by atoms with Gasteiger partial charge in [0.25, 0.3) is 0 Å². The van der Waals surface area contributed by atoms with E-state index >= 15 is 0 Å². The van der Waals surface area contributed by atoms with E-state index in [1.807, 2.05) is 44.2 Å². The molecule has 0 unspecified atom stereocenters. The number of aryl methyl sites for hydroxylation is 2. The molecule has 0 aliphatic carbocycles. The van der Waals surface area contributed by atoms with Gasteiger partial charge in [-0.1, -0.05) is 23.9 Å². The highest BCUT2D eigenvalue weighted by Gasteiger charge is 2.09. The number of pyridine rings is 1. The summed E-state index contributed by atoms with van der Waals surface area (Å²) in [7, 11) is 0. The van der Waals surface area contributed by atoms with Gasteiger partial charge in [-0.3, -0.25) is 4.98 Å². The van der Waals surface area contributed by atoms with Crippen molar-refractivity contribution >= 4 is 22.8 Å². The minimum Gasteiger partial charge on any atom is -0.506 e. The Morgan fingerprint density at radius 1 is 1.20 bits per heavy atom. The number of imidazole rings is 1. The van der Waals surface area contributed by atoms with E-state index < -0.39 is 0 Å². The fraction of sp³-hybridized carbons (Fsp3) is 0.200. The van der Waals surface area contributed by atoms with Crippen molar-refractivity contribution < 1.29 is 5.11 Å². The second kappa shape index (κ2) is 5.17. The Hall–Kier alpha value is -2.01. The molecular weight excluding hydrogens is 270 g/mol. The highest BCUT2D eigenvalue weighted by molar-refractivity contribution is 7.98. The zero-order valence-electron chi connectivity index (χ0n) is 11.3. The first kappa shape index (κ1) is 13.0. The number of hydrogen-bond acceptors (Lipinski definition) is 4. The van der Waals surface area contributed by atoms with Crippen LogP contribution in [0.2, 0.25) is 0 Å². The van der Waals surface area contributed by atoms with Crippen molar-refractivity contribution in [1.29, 1.82) is 0 Å². The second-order valence-electron chi connectivity index (χ2n) is 4.70. The number of rotatable bonds is 3. The molecule has 20 heavy (non-hydrogen) atoms. The Labute approximate surface area is 121 Å². The Morgan fingerprint density at radius 3 is 2.80 bits per heavy atom. The van der Waals surface area contributed by atoms with E-state index in [4.69, 9.17) is 0 Å². The molecule has 0 saturated heterocycles. The number of aromatic amines is 1. The number of aromatic nitrogens is 3. The van der Waals surface area contributed by atoms with Gasteiger partial charge < -0.3 is 10.1 Å². The van der Waals surface area contributed by atoms with E-state index in [1.54, 1.807) is 11.8 Å². The number of benzene rings is 1. The summed E-state index contributed by atoms with van der Waals surface area (Å²) in [5, 5.41) is 10.9. The molecule has 3 aromatic rings. The number of para-hydroxylation sites is 2. The van der Waals surface area contributed by atoms with Crippen molar-refractivity contribution in [2.45, 2.75) is 24.8 Å². The van der Waals surface area contributed by atoms with E-state index in [1.165, 1.54) is 0 Å². The summed E-state index contributed by atoms with van der Waals surface area (Å²) in [6.45, 7) is 3.75. The van der Waals surface area contributed by atoms with Crippen LogP contribution in [0.15, 0.2) is 35.5 Å². The van der Waals surface area contributed by atoms with Crippen LogP contribution in [-0.4, -0.2) is 20.1 Å². The number of aromatic hydroxyl groups is 1. The monoisotopic (exact) mass is 285 g/mol. The number of hydrogen-bond donors (Lipinski definition) is 2. The normalized spacial score (nSPS) is 11.1. The SMILES string of the molecule is Cc1cc(CSc2nc3ccccc3[nH]2)c(O)c(C)n1. The molecule has 2 heterocycles. The number of H-pyrrole nitrogens is 1. The van der Waals surface area contributed by atoms with Crippen LogP contribution in [0.1, 0.15) is 17.0 Å². The highest BCUT2D eigenvalue weighted by atomic mass is 32.2. The zero-order chi connectivity index (χ0) is 14.1. The maximum atomic E-state index is 10.0. The van der Waals surface area contributed by atoms with E-state index in [-0.39, 0.29) is 5.75 Å². The van der Waals surface area contributed by atoms with Crippen LogP contribution in [0.3, 0.4) is 0 Å². The first-order valence-corrected chi connectivity index (χ1v) is 7.35. The summed E-state index contributed by atoms with van der Waals surface area (Å²) in [5.41, 5.74) is 4.47. The molecule has 4 nitrogen and oxygen atoms in total. The minimum absolute atomic E-state index is 0.277. The third kappa shape index (κ3) is 2.49. The second-order valence-corrected chi connectivity index (χ2v) is 5.67. The Morgan fingerprint density at radius 2 is 2.00 bits per heavy atom. The van der Waals surface area contributed by atoms with Gasteiger partial charge in [-0.05, 0) is 32.0 Å². The molecule has 3 rings (SSSR count). The van der Waals surface area contributed by atoms with Gasteiger partial charge in [0.1, 0.15) is 5.75 Å². The van der Waals surface area contributed by atoms with Gasteiger partial charge in [0.05, 0.1) is 16.7 Å². The molecule has 2 aromatic heterocycles. The molecule has 102 valence electrons. The molecule has 0 bridgehead atoms. The topological polar surface area (TPSA) is 61.8 Å². The van der Waals surface area contributed by atoms with Crippen LogP contribution >= 0.6 is 11.8 Å². The standard InChI is InChI=1S/C15H15N3OS/c1-9-7-11(14(19)10(2)16-9)8-20-15-17-12-5-3-4-6-13(12)18-15/h3-7,19H,8H2,1-2H3,(H,17,18). The lowest BCUT2D eigenvalue weighted by molar-refractivity contribution is 0.462. The van der Waals surface area contributed by atoms with Crippen LogP contribution in [-0.2, 0) is 5.75 Å². The summed E-state index contributed by atoms with van der Waals surface area (Å²) < 4.78 is 0. The number of nitrogens with zero attached hydrogens (tertiary/aromatic N) is 2. The fourth-order valence-corrected chi connectivity index (χ4v) is 3.01. The van der Waals surface area contributed by atoms with Gasteiger partial charge in [-0.2, -0.15) is 0 Å². The van der Waals surface area contributed by atoms with Gasteiger partial charge >= 0.3 is 0 Å². The summed E-state index contributed by atoms with van der Waals surface area (Å²) in [5.74, 6) is 0.940. The Balaban J connectivity index is 1.82. The molecule has 0 amide bonds. The van der Waals surface area contributed by atoms with E-state index in [9.17, 15) is 5.11 Å². The van der Waals surface area contributed by atoms with Crippen LogP contribution in [0.5, 0.6) is 5.75 Å². The number of nitrogens with one attached hydrogen (secondary N) is 1. The first-order valence-electron chi connectivity index (χ1n) is 6.37. The van der Waals surface area contributed by atoms with Crippen molar-refractivity contribution in [3.05, 3.63) is 47.3 Å². The fourth-order valence-electron chi connectivity index (χ4n) is 2.16. The first-order chi connectivity index (χ1) is 9.63. The van der Waals surface area contributed by atoms with Crippen LogP contribution in [0, 0.1) is 13.8 Å². The van der Waals surface area contributed by atoms with Crippen molar-refractivity contribution in [1.82, 2.24) is 15.0 Å². The molecule has 0 atom stereocenters. The average molecular weight is 285 g/mol. The predicted octanol–water partition coefficient (Wildman–Crippen LogP) is 3.57. The molecule has 0 saturated carbocycles. The van der Waals surface area contributed by atoms with Crippen molar-refractivity contribution in [3.63, 3.8) is 0 Å². The highest BCUT2D eigenvalue weighted by Crippen LogP contribution is 2.29.